The average Bonchev–Trinajstić information content (AvgIpc) is 3.00. The van der Waals surface area contributed by atoms with Gasteiger partial charge in [0.05, 0.1) is 26.1 Å². The van der Waals surface area contributed by atoms with E-state index in [9.17, 15) is 0 Å². The van der Waals surface area contributed by atoms with Gasteiger partial charge >= 0.3 is 0 Å². The van der Waals surface area contributed by atoms with Gasteiger partial charge in [-0.1, -0.05) is 23.7 Å². The van der Waals surface area contributed by atoms with Crippen LogP contribution in [0.15, 0.2) is 43.0 Å². The first-order chi connectivity index (χ1) is 10.3. The molecule has 1 aliphatic heterocycles. The highest BCUT2D eigenvalue weighted by Crippen LogP contribution is 2.27. The van der Waals surface area contributed by atoms with Crippen LogP contribution in [0.1, 0.15) is 18.4 Å². The van der Waals surface area contributed by atoms with Crippen molar-refractivity contribution in [2.75, 3.05) is 13.2 Å². The summed E-state index contributed by atoms with van der Waals surface area (Å²) in [7, 11) is 0. The molecule has 1 aromatic carbocycles. The minimum atomic E-state index is -0.557. The second-order valence-corrected chi connectivity index (χ2v) is 5.76. The van der Waals surface area contributed by atoms with Crippen LogP contribution in [-0.2, 0) is 22.4 Å². The van der Waals surface area contributed by atoms with E-state index in [1.807, 2.05) is 22.9 Å². The molecule has 0 amide bonds. The molecule has 21 heavy (non-hydrogen) atoms. The number of hydrogen-bond acceptors (Lipinski definition) is 3. The third-order valence-electron chi connectivity index (χ3n) is 3.71. The van der Waals surface area contributed by atoms with Gasteiger partial charge in [-0.15, -0.1) is 0 Å². The number of aryl methyl sites for hydroxylation is 1. The molecule has 1 fully saturated rings. The molecule has 1 aliphatic rings. The molecular weight excluding hydrogens is 288 g/mol. The Balaban J connectivity index is 1.68. The fourth-order valence-corrected chi connectivity index (χ4v) is 2.70. The predicted octanol–water partition coefficient (Wildman–Crippen LogP) is 3.30. The molecule has 1 aromatic heterocycles. The van der Waals surface area contributed by atoms with Crippen LogP contribution in [0, 0.1) is 0 Å². The molecule has 0 spiro atoms. The molecular formula is C16H19ClN2O2. The van der Waals surface area contributed by atoms with Gasteiger partial charge in [0.15, 0.2) is 5.79 Å². The summed E-state index contributed by atoms with van der Waals surface area (Å²) in [6, 6.07) is 7.94. The number of nitrogens with zero attached hydrogens (tertiary/aromatic N) is 2. The zero-order valence-electron chi connectivity index (χ0n) is 11.9. The van der Waals surface area contributed by atoms with E-state index in [1.165, 1.54) is 5.56 Å². The normalized spacial score (nSPS) is 17.8. The molecule has 0 unspecified atom stereocenters. The number of rotatable bonds is 5. The fourth-order valence-electron chi connectivity index (χ4n) is 2.58. The second kappa shape index (κ2) is 6.60. The summed E-state index contributed by atoms with van der Waals surface area (Å²) >= 11 is 5.92. The molecule has 0 bridgehead atoms. The van der Waals surface area contributed by atoms with Crippen LogP contribution in [0.25, 0.3) is 0 Å². The Kier molecular flexibility index (Phi) is 4.58. The first-order valence-electron chi connectivity index (χ1n) is 7.24. The molecule has 3 rings (SSSR count). The first kappa shape index (κ1) is 14.6. The Hall–Kier alpha value is -1.36. The fraction of sp³-hybridized carbons (Fsp3) is 0.438. The summed E-state index contributed by atoms with van der Waals surface area (Å²) in [5.74, 6) is -0.557. The molecule has 4 nitrogen and oxygen atoms in total. The lowest BCUT2D eigenvalue weighted by atomic mass is 10.0. The van der Waals surface area contributed by atoms with E-state index in [-0.39, 0.29) is 0 Å². The Morgan fingerprint density at radius 1 is 1.19 bits per heavy atom. The molecule has 0 atom stereocenters. The molecule has 1 saturated heterocycles. The standard InChI is InChI=1S/C16H19ClN2O2/c17-15-4-2-14(3-5-15)6-7-16(20-10-1-11-21-16)12-19-9-8-18-13-19/h2-5,8-9,13H,1,6-7,10-12H2. The van der Waals surface area contributed by atoms with Crippen molar-refractivity contribution >= 4 is 11.6 Å². The average molecular weight is 307 g/mol. The van der Waals surface area contributed by atoms with Crippen LogP contribution in [0.4, 0.5) is 0 Å². The number of aromatic nitrogens is 2. The summed E-state index contributed by atoms with van der Waals surface area (Å²) < 4.78 is 14.0. The molecule has 0 N–H and O–H groups in total. The predicted molar refractivity (Wildman–Crippen MR) is 81.3 cm³/mol. The maximum absolute atomic E-state index is 5.99. The lowest BCUT2D eigenvalue weighted by Gasteiger charge is -2.37. The lowest BCUT2D eigenvalue weighted by Crippen LogP contribution is -2.44. The monoisotopic (exact) mass is 306 g/mol. The van der Waals surface area contributed by atoms with E-state index in [2.05, 4.69) is 17.1 Å². The Bertz CT molecular complexity index is 548. The zero-order chi connectivity index (χ0) is 14.5. The van der Waals surface area contributed by atoms with Gasteiger partial charge in [-0.3, -0.25) is 0 Å². The van der Waals surface area contributed by atoms with Crippen LogP contribution >= 0.6 is 11.6 Å². The second-order valence-electron chi connectivity index (χ2n) is 5.32. The van der Waals surface area contributed by atoms with E-state index >= 15 is 0 Å². The Morgan fingerprint density at radius 2 is 1.95 bits per heavy atom. The van der Waals surface area contributed by atoms with Crippen LogP contribution in [0.3, 0.4) is 0 Å². The minimum Gasteiger partial charge on any atom is -0.348 e. The number of benzene rings is 1. The topological polar surface area (TPSA) is 36.3 Å². The molecule has 112 valence electrons. The van der Waals surface area contributed by atoms with Crippen LogP contribution in [-0.4, -0.2) is 28.6 Å². The summed E-state index contributed by atoms with van der Waals surface area (Å²) in [5, 5.41) is 0.761. The van der Waals surface area contributed by atoms with Crippen molar-refractivity contribution in [3.8, 4) is 0 Å². The zero-order valence-corrected chi connectivity index (χ0v) is 12.6. The molecule has 0 saturated carbocycles. The summed E-state index contributed by atoms with van der Waals surface area (Å²) in [5.41, 5.74) is 1.24. The number of ether oxygens (including phenoxy) is 2. The molecule has 0 aliphatic carbocycles. The molecule has 0 radical (unpaired) electrons. The first-order valence-corrected chi connectivity index (χ1v) is 7.62. The minimum absolute atomic E-state index is 0.557. The van der Waals surface area contributed by atoms with Gasteiger partial charge in [0.1, 0.15) is 0 Å². The van der Waals surface area contributed by atoms with Crippen LogP contribution in [0.5, 0.6) is 0 Å². The highest BCUT2D eigenvalue weighted by molar-refractivity contribution is 6.30. The van der Waals surface area contributed by atoms with Crippen molar-refractivity contribution in [2.45, 2.75) is 31.6 Å². The third kappa shape index (κ3) is 3.84. The Morgan fingerprint density at radius 3 is 2.62 bits per heavy atom. The van der Waals surface area contributed by atoms with Crippen molar-refractivity contribution in [1.29, 1.82) is 0 Å². The van der Waals surface area contributed by atoms with Gasteiger partial charge in [0.2, 0.25) is 0 Å². The van der Waals surface area contributed by atoms with E-state index in [4.69, 9.17) is 21.1 Å². The van der Waals surface area contributed by atoms with Gasteiger partial charge in [-0.2, -0.15) is 0 Å². The van der Waals surface area contributed by atoms with E-state index < -0.39 is 5.79 Å². The molecule has 5 heteroatoms. The highest BCUT2D eigenvalue weighted by Gasteiger charge is 2.34. The summed E-state index contributed by atoms with van der Waals surface area (Å²) in [6.45, 7) is 2.16. The van der Waals surface area contributed by atoms with E-state index in [1.54, 1.807) is 12.5 Å². The van der Waals surface area contributed by atoms with E-state index in [0.29, 0.717) is 6.54 Å². The maximum atomic E-state index is 5.99. The largest absolute Gasteiger partial charge is 0.348 e. The van der Waals surface area contributed by atoms with Crippen molar-refractivity contribution in [2.24, 2.45) is 0 Å². The maximum Gasteiger partial charge on any atom is 0.186 e. The van der Waals surface area contributed by atoms with Gasteiger partial charge in [-0.05, 0) is 30.5 Å². The van der Waals surface area contributed by atoms with Gasteiger partial charge in [0.25, 0.3) is 0 Å². The highest BCUT2D eigenvalue weighted by atomic mass is 35.5. The molecule has 2 aromatic rings. The molecule has 2 heterocycles. The summed E-state index contributed by atoms with van der Waals surface area (Å²) in [6.07, 6.45) is 8.16. The smallest absolute Gasteiger partial charge is 0.186 e. The van der Waals surface area contributed by atoms with Gasteiger partial charge in [-0.25, -0.2) is 4.98 Å². The van der Waals surface area contributed by atoms with Crippen molar-refractivity contribution in [3.05, 3.63) is 53.6 Å². The third-order valence-corrected chi connectivity index (χ3v) is 3.96. The van der Waals surface area contributed by atoms with Gasteiger partial charge < -0.3 is 14.0 Å². The summed E-state index contributed by atoms with van der Waals surface area (Å²) in [4.78, 5) is 4.08. The van der Waals surface area contributed by atoms with Gasteiger partial charge in [0, 0.05) is 23.8 Å². The lowest BCUT2D eigenvalue weighted by molar-refractivity contribution is -0.276. The van der Waals surface area contributed by atoms with Crippen LogP contribution < -0.4 is 0 Å². The van der Waals surface area contributed by atoms with E-state index in [0.717, 1.165) is 37.5 Å². The number of hydrogen-bond donors (Lipinski definition) is 0. The number of halogens is 1. The number of imidazole rings is 1. The van der Waals surface area contributed by atoms with Crippen LogP contribution in [0.2, 0.25) is 5.02 Å². The quantitative estimate of drug-likeness (QED) is 0.850. The van der Waals surface area contributed by atoms with Crippen molar-refractivity contribution in [1.82, 2.24) is 9.55 Å². The van der Waals surface area contributed by atoms with Crippen molar-refractivity contribution < 1.29 is 9.47 Å². The SMILES string of the molecule is Clc1ccc(CCC2(Cn3ccnc3)OCCCO2)cc1. The Labute approximate surface area is 129 Å². The van der Waals surface area contributed by atoms with Crippen molar-refractivity contribution in [3.63, 3.8) is 0 Å².